The number of halogens is 1. The standard InChI is InChI=1S/C10H10BrN3S/c1-6-7(2)15-10(13-6)14-9-4-3-8(11)5-12-9/h3-5H,1-2H3,(H,12,13,14). The second-order valence-corrected chi connectivity index (χ2v) is 5.27. The molecule has 0 saturated heterocycles. The monoisotopic (exact) mass is 283 g/mol. The lowest BCUT2D eigenvalue weighted by Crippen LogP contribution is -1.91. The summed E-state index contributed by atoms with van der Waals surface area (Å²) in [6.07, 6.45) is 1.76. The fourth-order valence-electron chi connectivity index (χ4n) is 1.09. The molecule has 0 aliphatic carbocycles. The molecule has 15 heavy (non-hydrogen) atoms. The number of hydrogen-bond donors (Lipinski definition) is 1. The maximum Gasteiger partial charge on any atom is 0.188 e. The second-order valence-electron chi connectivity index (χ2n) is 3.15. The molecule has 78 valence electrons. The molecule has 0 fully saturated rings. The summed E-state index contributed by atoms with van der Waals surface area (Å²) in [5.41, 5.74) is 1.07. The third-order valence-electron chi connectivity index (χ3n) is 1.99. The van der Waals surface area contributed by atoms with Gasteiger partial charge < -0.3 is 5.32 Å². The van der Waals surface area contributed by atoms with Gasteiger partial charge in [0.05, 0.1) is 5.69 Å². The van der Waals surface area contributed by atoms with Crippen molar-refractivity contribution in [1.82, 2.24) is 9.97 Å². The molecule has 0 aromatic carbocycles. The Bertz CT molecular complexity index is 445. The number of aromatic nitrogens is 2. The molecule has 0 spiro atoms. The van der Waals surface area contributed by atoms with Crippen molar-refractivity contribution in [3.63, 3.8) is 0 Å². The van der Waals surface area contributed by atoms with Gasteiger partial charge in [0.15, 0.2) is 5.13 Å². The zero-order valence-electron chi connectivity index (χ0n) is 8.41. The van der Waals surface area contributed by atoms with Gasteiger partial charge >= 0.3 is 0 Å². The van der Waals surface area contributed by atoms with E-state index in [0.29, 0.717) is 0 Å². The molecule has 0 bridgehead atoms. The summed E-state index contributed by atoms with van der Waals surface area (Å²) >= 11 is 4.98. The average molecular weight is 284 g/mol. The van der Waals surface area contributed by atoms with Crippen LogP contribution in [0, 0.1) is 13.8 Å². The van der Waals surface area contributed by atoms with Crippen LogP contribution in [0.5, 0.6) is 0 Å². The number of thiazole rings is 1. The van der Waals surface area contributed by atoms with Crippen molar-refractivity contribution in [3.8, 4) is 0 Å². The molecule has 2 aromatic heterocycles. The van der Waals surface area contributed by atoms with Crippen molar-refractivity contribution < 1.29 is 0 Å². The fourth-order valence-corrected chi connectivity index (χ4v) is 2.14. The van der Waals surface area contributed by atoms with Crippen molar-refractivity contribution >= 4 is 38.2 Å². The van der Waals surface area contributed by atoms with Crippen molar-refractivity contribution in [1.29, 1.82) is 0 Å². The molecular weight excluding hydrogens is 274 g/mol. The highest BCUT2D eigenvalue weighted by atomic mass is 79.9. The van der Waals surface area contributed by atoms with Crippen molar-refractivity contribution in [3.05, 3.63) is 33.4 Å². The molecule has 2 aromatic rings. The molecule has 2 heterocycles. The summed E-state index contributed by atoms with van der Waals surface area (Å²) in [5, 5.41) is 4.06. The van der Waals surface area contributed by atoms with Crippen molar-refractivity contribution in [2.45, 2.75) is 13.8 Å². The topological polar surface area (TPSA) is 37.8 Å². The van der Waals surface area contributed by atoms with Gasteiger partial charge in [0, 0.05) is 15.5 Å². The van der Waals surface area contributed by atoms with Gasteiger partial charge in [-0.2, -0.15) is 0 Å². The van der Waals surface area contributed by atoms with E-state index >= 15 is 0 Å². The molecule has 0 aliphatic heterocycles. The predicted molar refractivity (Wildman–Crippen MR) is 66.8 cm³/mol. The highest BCUT2D eigenvalue weighted by Gasteiger charge is 2.03. The van der Waals surface area contributed by atoms with Crippen LogP contribution in [-0.2, 0) is 0 Å². The zero-order chi connectivity index (χ0) is 10.8. The number of nitrogens with one attached hydrogen (secondary N) is 1. The number of rotatable bonds is 2. The van der Waals surface area contributed by atoms with Gasteiger partial charge in [0.25, 0.3) is 0 Å². The van der Waals surface area contributed by atoms with Crippen LogP contribution in [0.15, 0.2) is 22.8 Å². The first-order valence-electron chi connectivity index (χ1n) is 4.48. The Hall–Kier alpha value is -0.940. The maximum atomic E-state index is 4.38. The van der Waals surface area contributed by atoms with Crippen LogP contribution >= 0.6 is 27.3 Å². The number of pyridine rings is 1. The largest absolute Gasteiger partial charge is 0.316 e. The van der Waals surface area contributed by atoms with E-state index < -0.39 is 0 Å². The minimum Gasteiger partial charge on any atom is -0.316 e. The van der Waals surface area contributed by atoms with E-state index in [-0.39, 0.29) is 0 Å². The number of anilines is 2. The Balaban J connectivity index is 2.18. The van der Waals surface area contributed by atoms with Gasteiger partial charge in [0.2, 0.25) is 0 Å². The molecule has 0 aliphatic rings. The van der Waals surface area contributed by atoms with Gasteiger partial charge in [-0.3, -0.25) is 0 Å². The van der Waals surface area contributed by atoms with Crippen LogP contribution in [0.2, 0.25) is 0 Å². The molecule has 5 heteroatoms. The van der Waals surface area contributed by atoms with Crippen molar-refractivity contribution in [2.24, 2.45) is 0 Å². The molecule has 2 rings (SSSR count). The Morgan fingerprint density at radius 3 is 2.67 bits per heavy atom. The van der Waals surface area contributed by atoms with E-state index in [1.807, 2.05) is 19.1 Å². The lowest BCUT2D eigenvalue weighted by Gasteiger charge is -2.00. The molecule has 0 amide bonds. The van der Waals surface area contributed by atoms with Gasteiger partial charge in [-0.05, 0) is 41.9 Å². The summed E-state index contributed by atoms with van der Waals surface area (Å²) in [7, 11) is 0. The van der Waals surface area contributed by atoms with E-state index in [1.165, 1.54) is 4.88 Å². The average Bonchev–Trinajstić information content (AvgIpc) is 2.50. The minimum atomic E-state index is 0.812. The number of nitrogens with zero attached hydrogens (tertiary/aromatic N) is 2. The van der Waals surface area contributed by atoms with E-state index in [4.69, 9.17) is 0 Å². The first kappa shape index (κ1) is 10.6. The van der Waals surface area contributed by atoms with E-state index in [2.05, 4.69) is 38.1 Å². The Morgan fingerprint density at radius 2 is 2.13 bits per heavy atom. The molecular formula is C10H10BrN3S. The Kier molecular flexibility index (Phi) is 3.02. The van der Waals surface area contributed by atoms with E-state index in [9.17, 15) is 0 Å². The minimum absolute atomic E-state index is 0.812. The lowest BCUT2D eigenvalue weighted by atomic mass is 10.4. The fraction of sp³-hybridized carbons (Fsp3) is 0.200. The van der Waals surface area contributed by atoms with E-state index in [1.54, 1.807) is 17.5 Å². The number of aryl methyl sites for hydroxylation is 2. The van der Waals surface area contributed by atoms with Crippen LogP contribution in [0.1, 0.15) is 10.6 Å². The van der Waals surface area contributed by atoms with Crippen molar-refractivity contribution in [2.75, 3.05) is 5.32 Å². The van der Waals surface area contributed by atoms with Crippen LogP contribution in [0.3, 0.4) is 0 Å². The number of hydrogen-bond acceptors (Lipinski definition) is 4. The van der Waals surface area contributed by atoms with Gasteiger partial charge in [-0.15, -0.1) is 11.3 Å². The molecule has 0 saturated carbocycles. The Labute approximate surface area is 101 Å². The quantitative estimate of drug-likeness (QED) is 0.914. The highest BCUT2D eigenvalue weighted by molar-refractivity contribution is 9.10. The normalized spacial score (nSPS) is 10.3. The second kappa shape index (κ2) is 4.28. The van der Waals surface area contributed by atoms with Crippen LogP contribution < -0.4 is 5.32 Å². The summed E-state index contributed by atoms with van der Waals surface area (Å²) < 4.78 is 0.972. The molecule has 3 nitrogen and oxygen atoms in total. The summed E-state index contributed by atoms with van der Waals surface area (Å²) in [5.74, 6) is 0.812. The van der Waals surface area contributed by atoms with Crippen LogP contribution in [0.4, 0.5) is 10.9 Å². The lowest BCUT2D eigenvalue weighted by molar-refractivity contribution is 1.21. The zero-order valence-corrected chi connectivity index (χ0v) is 10.8. The Morgan fingerprint density at radius 1 is 1.33 bits per heavy atom. The third-order valence-corrected chi connectivity index (χ3v) is 3.45. The SMILES string of the molecule is Cc1nc(Nc2ccc(Br)cn2)sc1C. The maximum absolute atomic E-state index is 4.38. The summed E-state index contributed by atoms with van der Waals surface area (Å²) in [6, 6.07) is 3.86. The highest BCUT2D eigenvalue weighted by Crippen LogP contribution is 2.24. The molecule has 0 unspecified atom stereocenters. The predicted octanol–water partition coefficient (Wildman–Crippen LogP) is 3.66. The van der Waals surface area contributed by atoms with Gasteiger partial charge in [0.1, 0.15) is 5.82 Å². The van der Waals surface area contributed by atoms with Gasteiger partial charge in [-0.25, -0.2) is 9.97 Å². The first-order chi connectivity index (χ1) is 7.15. The van der Waals surface area contributed by atoms with E-state index in [0.717, 1.165) is 21.1 Å². The summed E-state index contributed by atoms with van der Waals surface area (Å²) in [4.78, 5) is 9.84. The molecule has 1 N–H and O–H groups in total. The van der Waals surface area contributed by atoms with Crippen LogP contribution in [0.25, 0.3) is 0 Å². The van der Waals surface area contributed by atoms with Crippen LogP contribution in [-0.4, -0.2) is 9.97 Å². The summed E-state index contributed by atoms with van der Waals surface area (Å²) in [6.45, 7) is 4.07. The van der Waals surface area contributed by atoms with Gasteiger partial charge in [-0.1, -0.05) is 0 Å². The molecule has 0 radical (unpaired) electrons. The molecule has 0 atom stereocenters. The first-order valence-corrected chi connectivity index (χ1v) is 6.09. The smallest absolute Gasteiger partial charge is 0.188 e. The third kappa shape index (κ3) is 2.54.